The number of nitrogens with zero attached hydrogens (tertiary/aromatic N) is 6. The van der Waals surface area contributed by atoms with E-state index in [1.165, 1.54) is 17.0 Å². The molecule has 1 N–H and O–H groups in total. The molecule has 4 aromatic rings. The lowest BCUT2D eigenvalue weighted by molar-refractivity contribution is 0.0145. The first-order valence-electron chi connectivity index (χ1n) is 17.4. The van der Waals surface area contributed by atoms with E-state index in [1.54, 1.807) is 43.9 Å². The second-order valence-corrected chi connectivity index (χ2v) is 14.8. The van der Waals surface area contributed by atoms with E-state index in [0.29, 0.717) is 29.3 Å². The highest BCUT2D eigenvalue weighted by Crippen LogP contribution is 2.43. The Kier molecular flexibility index (Phi) is 9.04. The number of terminal acetylenes is 1. The first-order chi connectivity index (χ1) is 24.8. The number of aromatic nitrogens is 2. The lowest BCUT2D eigenvalue weighted by atomic mass is 9.93. The van der Waals surface area contributed by atoms with Gasteiger partial charge in [-0.15, -0.1) is 6.42 Å². The van der Waals surface area contributed by atoms with Crippen molar-refractivity contribution in [2.45, 2.75) is 69.8 Å². The topological polar surface area (TPSA) is 115 Å². The van der Waals surface area contributed by atoms with Gasteiger partial charge in [-0.05, 0) is 69.8 Å². The van der Waals surface area contributed by atoms with Gasteiger partial charge in [-0.3, -0.25) is 4.90 Å². The number of alkyl halides is 1. The van der Waals surface area contributed by atoms with Gasteiger partial charge in [0, 0.05) is 54.5 Å². The number of hydrogen-bond acceptors (Lipinski definition) is 9. The molecule has 52 heavy (non-hydrogen) atoms. The predicted octanol–water partition coefficient (Wildman–Crippen LogP) is 6.71. The van der Waals surface area contributed by atoms with Crippen LogP contribution in [-0.2, 0) is 4.74 Å². The number of anilines is 1. The Balaban J connectivity index is 1.36. The van der Waals surface area contributed by atoms with Crippen LogP contribution in [0.2, 0.25) is 0 Å². The van der Waals surface area contributed by atoms with Crippen molar-refractivity contribution in [3.63, 3.8) is 0 Å². The molecule has 1 unspecified atom stereocenters. The van der Waals surface area contributed by atoms with Gasteiger partial charge in [0.1, 0.15) is 41.3 Å². The van der Waals surface area contributed by atoms with E-state index in [4.69, 9.17) is 15.9 Å². The maximum atomic E-state index is 17.1. The summed E-state index contributed by atoms with van der Waals surface area (Å²) in [6.07, 6.45) is 6.10. The van der Waals surface area contributed by atoms with Crippen molar-refractivity contribution >= 4 is 33.6 Å². The van der Waals surface area contributed by atoms with E-state index in [2.05, 4.69) is 26.9 Å². The van der Waals surface area contributed by atoms with Gasteiger partial charge in [-0.2, -0.15) is 15.2 Å². The second kappa shape index (κ2) is 13.4. The fourth-order valence-corrected chi connectivity index (χ4v) is 7.98. The largest absolute Gasteiger partial charge is 0.508 e. The van der Waals surface area contributed by atoms with Gasteiger partial charge in [-0.1, -0.05) is 18.1 Å². The zero-order valence-corrected chi connectivity index (χ0v) is 29.3. The highest BCUT2D eigenvalue weighted by atomic mass is 19.1. The molecule has 3 aliphatic heterocycles. The van der Waals surface area contributed by atoms with Crippen molar-refractivity contribution in [2.24, 2.45) is 0 Å². The Morgan fingerprint density at radius 2 is 1.96 bits per heavy atom. The molecule has 13 heteroatoms. The van der Waals surface area contributed by atoms with Crippen LogP contribution in [-0.4, -0.2) is 93.7 Å². The number of phenols is 1. The number of ether oxygens (including phenoxy) is 2. The Morgan fingerprint density at radius 1 is 1.15 bits per heavy atom. The summed E-state index contributed by atoms with van der Waals surface area (Å²) in [7, 11) is 0. The Morgan fingerprint density at radius 3 is 2.71 bits per heavy atom. The summed E-state index contributed by atoms with van der Waals surface area (Å²) in [5.41, 5.74) is -1.57. The number of rotatable bonds is 6. The molecular formula is C39H39F3N6O4. The quantitative estimate of drug-likeness (QED) is 0.218. The summed E-state index contributed by atoms with van der Waals surface area (Å²) in [5, 5.41) is 21.2. The maximum absolute atomic E-state index is 17.1. The van der Waals surface area contributed by atoms with Gasteiger partial charge in [0.05, 0.1) is 29.6 Å². The van der Waals surface area contributed by atoms with Crippen molar-refractivity contribution in [3.05, 3.63) is 53.6 Å². The van der Waals surface area contributed by atoms with Crippen LogP contribution in [0.5, 0.6) is 11.8 Å². The van der Waals surface area contributed by atoms with Crippen molar-refractivity contribution in [2.75, 3.05) is 44.2 Å². The molecule has 3 aliphatic rings. The lowest BCUT2D eigenvalue weighted by Gasteiger charge is -2.41. The molecule has 270 valence electrons. The number of carbonyl (C=O) groups excluding carboxylic acids is 1. The number of fused-ring (bicyclic) bond motifs is 3. The summed E-state index contributed by atoms with van der Waals surface area (Å²) in [4.78, 5) is 27.6. The molecule has 0 aliphatic carbocycles. The van der Waals surface area contributed by atoms with Crippen molar-refractivity contribution in [1.82, 2.24) is 19.8 Å². The van der Waals surface area contributed by atoms with Gasteiger partial charge < -0.3 is 24.4 Å². The minimum Gasteiger partial charge on any atom is -0.508 e. The van der Waals surface area contributed by atoms with E-state index >= 15 is 8.78 Å². The van der Waals surface area contributed by atoms with Gasteiger partial charge in [0.15, 0.2) is 5.82 Å². The number of amides is 1. The molecule has 0 radical (unpaired) electrons. The molecule has 0 spiro atoms. The molecule has 10 nitrogen and oxygen atoms in total. The standard InChI is InChI=1S/C39H39F3N6O4/c1-5-23-8-6-9-24-16-27(49)17-28(31(23)24)32-30(41)18-29-34(33(32)42)44-36(51-22-39-11-7-13-47(39)20-25(40)19-39)45-35(29)46-14-15-48(26(21-46)10-12-43)37(50)52-38(2,3)4/h1,6,8-9,16-18,25-26,49H,7,10-11,13-15,19-22H2,2-4H3/t25-,26+,39?/m1/s1. The first-order valence-corrected chi connectivity index (χ1v) is 17.4. The third kappa shape index (κ3) is 6.39. The van der Waals surface area contributed by atoms with Crippen molar-refractivity contribution in [3.8, 4) is 41.3 Å². The highest BCUT2D eigenvalue weighted by Gasteiger charge is 2.49. The van der Waals surface area contributed by atoms with Crippen molar-refractivity contribution in [1.29, 1.82) is 5.26 Å². The molecule has 3 aromatic carbocycles. The van der Waals surface area contributed by atoms with Crippen LogP contribution in [0.1, 0.15) is 52.0 Å². The number of aromatic hydroxyl groups is 1. The molecule has 1 aromatic heterocycles. The fourth-order valence-electron chi connectivity index (χ4n) is 7.98. The minimum absolute atomic E-state index is 0.0280. The van der Waals surface area contributed by atoms with Crippen LogP contribution in [0.4, 0.5) is 23.8 Å². The molecule has 4 heterocycles. The van der Waals surface area contributed by atoms with Gasteiger partial charge >= 0.3 is 12.1 Å². The SMILES string of the molecule is C#Cc1cccc2cc(O)cc(-c3c(F)cc4c(N5CCN(C(=O)OC(C)(C)C)[C@@H](CC#N)C5)nc(OCC56CCCN5C[C@H](F)C6)nc4c3F)c12. The summed E-state index contributed by atoms with van der Waals surface area (Å²) in [6, 6.07) is 10.2. The highest BCUT2D eigenvalue weighted by molar-refractivity contribution is 6.04. The number of halogens is 3. The third-order valence-electron chi connectivity index (χ3n) is 10.2. The van der Waals surface area contributed by atoms with Crippen LogP contribution in [0.25, 0.3) is 32.8 Å². The predicted molar refractivity (Wildman–Crippen MR) is 190 cm³/mol. The average Bonchev–Trinajstić information content (AvgIpc) is 3.61. The summed E-state index contributed by atoms with van der Waals surface area (Å²) in [6.45, 7) is 6.82. The summed E-state index contributed by atoms with van der Waals surface area (Å²) in [5.74, 6) is 0.548. The van der Waals surface area contributed by atoms with E-state index in [-0.39, 0.29) is 66.7 Å². The van der Waals surface area contributed by atoms with E-state index < -0.39 is 46.6 Å². The molecule has 3 saturated heterocycles. The first kappa shape index (κ1) is 35.1. The number of hydrogen-bond donors (Lipinski definition) is 1. The lowest BCUT2D eigenvalue weighted by Crippen LogP contribution is -2.56. The van der Waals surface area contributed by atoms with Gasteiger partial charge in [0.25, 0.3) is 0 Å². The van der Waals surface area contributed by atoms with Gasteiger partial charge in [-0.25, -0.2) is 18.0 Å². The van der Waals surface area contributed by atoms with E-state index in [0.717, 1.165) is 25.5 Å². The molecule has 1 amide bonds. The van der Waals surface area contributed by atoms with Gasteiger partial charge in [0.2, 0.25) is 0 Å². The fraction of sp³-hybridized carbons (Fsp3) is 0.436. The molecule has 7 rings (SSSR count). The number of benzene rings is 3. The van der Waals surface area contributed by atoms with Crippen molar-refractivity contribution < 1.29 is 32.5 Å². The van der Waals surface area contributed by atoms with Crippen LogP contribution < -0.4 is 9.64 Å². The molecule has 3 fully saturated rings. The van der Waals surface area contributed by atoms with Crippen LogP contribution >= 0.6 is 0 Å². The second-order valence-electron chi connectivity index (χ2n) is 14.8. The Hall–Kier alpha value is -5.27. The average molecular weight is 713 g/mol. The molecule has 3 atom stereocenters. The maximum Gasteiger partial charge on any atom is 0.410 e. The third-order valence-corrected chi connectivity index (χ3v) is 10.2. The zero-order valence-electron chi connectivity index (χ0n) is 29.3. The van der Waals surface area contributed by atoms with E-state index in [1.807, 2.05) is 0 Å². The Bertz CT molecular complexity index is 2160. The van der Waals surface area contributed by atoms with Crippen LogP contribution in [0.15, 0.2) is 36.4 Å². The minimum atomic E-state index is -1.02. The normalized spacial score (nSPS) is 22.0. The smallest absolute Gasteiger partial charge is 0.410 e. The molecule has 0 bridgehead atoms. The summed E-state index contributed by atoms with van der Waals surface area (Å²) >= 11 is 0. The number of nitriles is 1. The van der Waals surface area contributed by atoms with Crippen LogP contribution in [0.3, 0.4) is 0 Å². The summed E-state index contributed by atoms with van der Waals surface area (Å²) < 4.78 is 59.9. The van der Waals surface area contributed by atoms with Crippen LogP contribution in [0, 0.1) is 35.3 Å². The molecule has 0 saturated carbocycles. The monoisotopic (exact) mass is 712 g/mol. The number of piperazine rings is 1. The zero-order chi connectivity index (χ0) is 36.9. The van der Waals surface area contributed by atoms with E-state index in [9.17, 15) is 19.6 Å². The number of phenolic OH excluding ortho intramolecular Hbond substituents is 1. The Labute approximate surface area is 299 Å². The molecular weight excluding hydrogens is 673 g/mol. The number of carbonyl (C=O) groups is 1.